The van der Waals surface area contributed by atoms with Crippen LogP contribution in [0.1, 0.15) is 0 Å². The molecule has 3 nitrogen and oxygen atoms in total. The lowest BCUT2D eigenvalue weighted by atomic mass is 10.3. The lowest BCUT2D eigenvalue weighted by Crippen LogP contribution is -2.06. The van der Waals surface area contributed by atoms with Crippen molar-refractivity contribution in [2.45, 2.75) is 0 Å². The average molecular weight is 264 g/mol. The van der Waals surface area contributed by atoms with E-state index in [2.05, 4.69) is 28.0 Å². The van der Waals surface area contributed by atoms with Crippen molar-refractivity contribution in [1.82, 2.24) is 0 Å². The first-order chi connectivity index (χ1) is 5.27. The Morgan fingerprint density at radius 3 is 2.82 bits per heavy atom. The Hall–Kier alpha value is -0.490. The van der Waals surface area contributed by atoms with Gasteiger partial charge in [-0.2, -0.15) is 0 Å². The number of anilines is 1. The number of hydrazine groups is 1. The highest BCUT2D eigenvalue weighted by Gasteiger charge is 1.98. The Kier molecular flexibility index (Phi) is 2.95. The summed E-state index contributed by atoms with van der Waals surface area (Å²) in [4.78, 5) is 0. The molecule has 1 rings (SSSR count). The van der Waals surface area contributed by atoms with E-state index in [1.807, 2.05) is 18.2 Å². The first kappa shape index (κ1) is 8.61. The van der Waals surface area contributed by atoms with Crippen LogP contribution in [-0.4, -0.2) is 7.11 Å². The average Bonchev–Trinajstić information content (AvgIpc) is 2.05. The van der Waals surface area contributed by atoms with Crippen LogP contribution in [0, 0.1) is 3.57 Å². The van der Waals surface area contributed by atoms with Gasteiger partial charge >= 0.3 is 0 Å². The normalized spacial score (nSPS) is 9.36. The molecule has 0 unspecified atom stereocenters. The fourth-order valence-corrected chi connectivity index (χ4v) is 1.31. The van der Waals surface area contributed by atoms with Crippen LogP contribution in [0.4, 0.5) is 5.69 Å². The first-order valence-electron chi connectivity index (χ1n) is 3.08. The standard InChI is InChI=1S/C7H9IN2O/c1-11-7-4-5(10-9)2-3-6(7)8/h2-4,10H,9H2,1H3. The van der Waals surface area contributed by atoms with Crippen molar-refractivity contribution in [2.75, 3.05) is 12.5 Å². The molecule has 3 N–H and O–H groups in total. The fourth-order valence-electron chi connectivity index (χ4n) is 0.750. The van der Waals surface area contributed by atoms with Gasteiger partial charge in [0.1, 0.15) is 5.75 Å². The lowest BCUT2D eigenvalue weighted by molar-refractivity contribution is 0.412. The largest absolute Gasteiger partial charge is 0.496 e. The van der Waals surface area contributed by atoms with E-state index in [4.69, 9.17) is 10.6 Å². The second-order valence-electron chi connectivity index (χ2n) is 1.99. The maximum atomic E-state index is 5.22. The Morgan fingerprint density at radius 2 is 2.27 bits per heavy atom. The maximum absolute atomic E-state index is 5.22. The van der Waals surface area contributed by atoms with Gasteiger partial charge in [-0.05, 0) is 34.7 Å². The zero-order valence-corrected chi connectivity index (χ0v) is 8.25. The Morgan fingerprint density at radius 1 is 1.55 bits per heavy atom. The van der Waals surface area contributed by atoms with Crippen LogP contribution < -0.4 is 16.0 Å². The Balaban J connectivity index is 3.02. The van der Waals surface area contributed by atoms with E-state index >= 15 is 0 Å². The molecule has 0 atom stereocenters. The minimum atomic E-state index is 0.834. The van der Waals surface area contributed by atoms with E-state index in [1.54, 1.807) is 7.11 Å². The van der Waals surface area contributed by atoms with Crippen LogP contribution >= 0.6 is 22.6 Å². The molecule has 0 aliphatic rings. The van der Waals surface area contributed by atoms with Crippen molar-refractivity contribution in [3.05, 3.63) is 21.8 Å². The molecular weight excluding hydrogens is 255 g/mol. The molecule has 0 spiro atoms. The van der Waals surface area contributed by atoms with E-state index in [0.29, 0.717) is 0 Å². The number of hydrogen-bond donors (Lipinski definition) is 2. The monoisotopic (exact) mass is 264 g/mol. The number of benzene rings is 1. The van der Waals surface area contributed by atoms with Crippen molar-refractivity contribution in [3.8, 4) is 5.75 Å². The van der Waals surface area contributed by atoms with Crippen LogP contribution in [0.15, 0.2) is 18.2 Å². The summed E-state index contributed by atoms with van der Waals surface area (Å²) < 4.78 is 6.16. The van der Waals surface area contributed by atoms with Gasteiger partial charge in [0.15, 0.2) is 0 Å². The summed E-state index contributed by atoms with van der Waals surface area (Å²) in [7, 11) is 1.64. The summed E-state index contributed by atoms with van der Waals surface area (Å²) in [5.41, 5.74) is 3.39. The van der Waals surface area contributed by atoms with Gasteiger partial charge in [0.05, 0.1) is 16.4 Å². The third-order valence-electron chi connectivity index (χ3n) is 1.32. The lowest BCUT2D eigenvalue weighted by Gasteiger charge is -2.05. The molecule has 0 saturated heterocycles. The number of halogens is 1. The summed E-state index contributed by atoms with van der Waals surface area (Å²) in [6, 6.07) is 5.68. The second-order valence-corrected chi connectivity index (χ2v) is 3.16. The van der Waals surface area contributed by atoms with E-state index in [1.165, 1.54) is 0 Å². The van der Waals surface area contributed by atoms with Gasteiger partial charge in [0, 0.05) is 6.07 Å². The highest BCUT2D eigenvalue weighted by Crippen LogP contribution is 2.23. The number of ether oxygens (including phenoxy) is 1. The SMILES string of the molecule is COc1cc(NN)ccc1I. The van der Waals surface area contributed by atoms with Crippen molar-refractivity contribution >= 4 is 28.3 Å². The predicted octanol–water partition coefficient (Wildman–Crippen LogP) is 1.59. The van der Waals surface area contributed by atoms with Crippen molar-refractivity contribution < 1.29 is 4.74 Å². The van der Waals surface area contributed by atoms with Crippen molar-refractivity contribution in [1.29, 1.82) is 0 Å². The molecule has 0 aliphatic carbocycles. The molecule has 60 valence electrons. The molecule has 0 heterocycles. The highest BCUT2D eigenvalue weighted by molar-refractivity contribution is 14.1. The number of nitrogens with one attached hydrogen (secondary N) is 1. The molecular formula is C7H9IN2O. The summed E-state index contributed by atoms with van der Waals surface area (Å²) in [6.45, 7) is 0. The van der Waals surface area contributed by atoms with Gasteiger partial charge in [-0.1, -0.05) is 0 Å². The van der Waals surface area contributed by atoms with E-state index in [0.717, 1.165) is 15.0 Å². The molecule has 0 fully saturated rings. The van der Waals surface area contributed by atoms with Gasteiger partial charge in [-0.3, -0.25) is 5.84 Å². The molecule has 11 heavy (non-hydrogen) atoms. The number of hydrogen-bond acceptors (Lipinski definition) is 3. The zero-order valence-electron chi connectivity index (χ0n) is 6.10. The molecule has 4 heteroatoms. The third kappa shape index (κ3) is 1.97. The van der Waals surface area contributed by atoms with Crippen molar-refractivity contribution in [3.63, 3.8) is 0 Å². The Labute approximate surface area is 79.0 Å². The fraction of sp³-hybridized carbons (Fsp3) is 0.143. The number of rotatable bonds is 2. The minimum absolute atomic E-state index is 0.834. The molecule has 0 radical (unpaired) electrons. The van der Waals surface area contributed by atoms with Gasteiger partial charge in [-0.25, -0.2) is 0 Å². The minimum Gasteiger partial charge on any atom is -0.496 e. The number of nitrogen functional groups attached to an aromatic ring is 1. The van der Waals surface area contributed by atoms with Gasteiger partial charge < -0.3 is 10.2 Å². The van der Waals surface area contributed by atoms with E-state index in [9.17, 15) is 0 Å². The predicted molar refractivity (Wildman–Crippen MR) is 53.5 cm³/mol. The number of methoxy groups -OCH3 is 1. The quantitative estimate of drug-likeness (QED) is 0.484. The van der Waals surface area contributed by atoms with Crippen LogP contribution in [0.2, 0.25) is 0 Å². The molecule has 0 bridgehead atoms. The van der Waals surface area contributed by atoms with E-state index in [-0.39, 0.29) is 0 Å². The topological polar surface area (TPSA) is 47.3 Å². The number of nitrogens with two attached hydrogens (primary N) is 1. The molecule has 0 saturated carbocycles. The van der Waals surface area contributed by atoms with Crippen LogP contribution in [0.3, 0.4) is 0 Å². The smallest absolute Gasteiger partial charge is 0.134 e. The summed E-state index contributed by atoms with van der Waals surface area (Å²) in [6.07, 6.45) is 0. The van der Waals surface area contributed by atoms with Gasteiger partial charge in [0.2, 0.25) is 0 Å². The maximum Gasteiger partial charge on any atom is 0.134 e. The summed E-state index contributed by atoms with van der Waals surface area (Å²) >= 11 is 2.20. The summed E-state index contributed by atoms with van der Waals surface area (Å²) in [5, 5.41) is 0. The van der Waals surface area contributed by atoms with Gasteiger partial charge in [0.25, 0.3) is 0 Å². The highest BCUT2D eigenvalue weighted by atomic mass is 127. The molecule has 1 aromatic rings. The summed E-state index contributed by atoms with van der Waals surface area (Å²) in [5.74, 6) is 6.05. The first-order valence-corrected chi connectivity index (χ1v) is 4.16. The Bertz CT molecular complexity index is 252. The molecule has 0 amide bonds. The van der Waals surface area contributed by atoms with Gasteiger partial charge in [-0.15, -0.1) is 0 Å². The second kappa shape index (κ2) is 3.77. The van der Waals surface area contributed by atoms with Crippen LogP contribution in [-0.2, 0) is 0 Å². The van der Waals surface area contributed by atoms with Crippen molar-refractivity contribution in [2.24, 2.45) is 5.84 Å². The zero-order chi connectivity index (χ0) is 8.27. The van der Waals surface area contributed by atoms with Crippen LogP contribution in [0.5, 0.6) is 5.75 Å². The molecule has 0 aromatic heterocycles. The molecule has 0 aliphatic heterocycles. The molecule has 1 aromatic carbocycles. The third-order valence-corrected chi connectivity index (χ3v) is 2.21. The van der Waals surface area contributed by atoms with E-state index < -0.39 is 0 Å². The van der Waals surface area contributed by atoms with Crippen LogP contribution in [0.25, 0.3) is 0 Å².